The fourth-order valence-electron chi connectivity index (χ4n) is 3.69. The summed E-state index contributed by atoms with van der Waals surface area (Å²) in [5.74, 6) is 0.947. The molecule has 2 rings (SSSR count). The number of nitrogens with one attached hydrogen (secondary N) is 2. The molecule has 0 unspecified atom stereocenters. The van der Waals surface area contributed by atoms with Crippen LogP contribution in [0.1, 0.15) is 59.9 Å². The van der Waals surface area contributed by atoms with Gasteiger partial charge in [0, 0.05) is 23.7 Å². The van der Waals surface area contributed by atoms with Crippen LogP contribution in [0, 0.1) is 0 Å². The lowest BCUT2D eigenvalue weighted by atomic mass is 9.79. The van der Waals surface area contributed by atoms with Crippen LogP contribution in [0.3, 0.4) is 0 Å². The minimum absolute atomic E-state index is 0.189. The Hall–Kier alpha value is -1.06. The summed E-state index contributed by atoms with van der Waals surface area (Å²) in [5, 5.41) is 7.46. The second-order valence-corrected chi connectivity index (χ2v) is 8.19. The van der Waals surface area contributed by atoms with E-state index in [2.05, 4.69) is 76.4 Å². The van der Waals surface area contributed by atoms with E-state index in [9.17, 15) is 0 Å². The normalized spacial score (nSPS) is 21.0. The predicted octanol–water partition coefficient (Wildman–Crippen LogP) is 3.87. The Labute approximate surface area is 135 Å². The zero-order valence-electron chi connectivity index (χ0n) is 15.0. The lowest BCUT2D eigenvalue weighted by Crippen LogP contribution is -2.61. The number of ether oxygens (including phenoxy) is 1. The van der Waals surface area contributed by atoms with E-state index in [1.54, 1.807) is 0 Å². The van der Waals surface area contributed by atoms with Gasteiger partial charge in [-0.1, -0.05) is 12.1 Å². The second-order valence-electron chi connectivity index (χ2n) is 8.19. The highest BCUT2D eigenvalue weighted by atomic mass is 16.5. The third-order valence-corrected chi connectivity index (χ3v) is 4.08. The van der Waals surface area contributed by atoms with Crippen molar-refractivity contribution >= 4 is 0 Å². The standard InChI is InChI=1S/C19H32N2O/c1-14(2)22-17-9-7-15(8-10-17)13-20-16-11-18(3,4)21-19(5,6)12-16/h7-10,14,16,20-21H,11-13H2,1-6H3. The van der Waals surface area contributed by atoms with Gasteiger partial charge in [0.2, 0.25) is 0 Å². The van der Waals surface area contributed by atoms with Crippen LogP contribution in [0.5, 0.6) is 5.75 Å². The molecule has 1 aromatic rings. The van der Waals surface area contributed by atoms with Gasteiger partial charge >= 0.3 is 0 Å². The van der Waals surface area contributed by atoms with Crippen LogP contribution < -0.4 is 15.4 Å². The Morgan fingerprint density at radius 1 is 1.09 bits per heavy atom. The van der Waals surface area contributed by atoms with Crippen LogP contribution >= 0.6 is 0 Å². The summed E-state index contributed by atoms with van der Waals surface area (Å²) in [6, 6.07) is 8.99. The van der Waals surface area contributed by atoms with E-state index in [1.165, 1.54) is 5.56 Å². The van der Waals surface area contributed by atoms with Gasteiger partial charge in [0.05, 0.1) is 6.10 Å². The number of rotatable bonds is 5. The molecule has 22 heavy (non-hydrogen) atoms. The van der Waals surface area contributed by atoms with Crippen molar-refractivity contribution in [3.63, 3.8) is 0 Å². The maximum absolute atomic E-state index is 5.69. The molecular formula is C19H32N2O. The Bertz CT molecular complexity index is 461. The van der Waals surface area contributed by atoms with Gasteiger partial charge in [0.15, 0.2) is 0 Å². The summed E-state index contributed by atoms with van der Waals surface area (Å²) in [6.07, 6.45) is 2.54. The van der Waals surface area contributed by atoms with E-state index >= 15 is 0 Å². The molecule has 0 aromatic heterocycles. The lowest BCUT2D eigenvalue weighted by molar-refractivity contribution is 0.145. The third kappa shape index (κ3) is 5.29. The molecule has 1 aliphatic rings. The van der Waals surface area contributed by atoms with Crippen LogP contribution in [0.4, 0.5) is 0 Å². The largest absolute Gasteiger partial charge is 0.491 e. The minimum Gasteiger partial charge on any atom is -0.491 e. The summed E-state index contributed by atoms with van der Waals surface area (Å²) < 4.78 is 5.69. The minimum atomic E-state index is 0.189. The van der Waals surface area contributed by atoms with Crippen molar-refractivity contribution in [2.45, 2.75) is 84.2 Å². The molecule has 1 saturated heterocycles. The van der Waals surface area contributed by atoms with Gasteiger partial charge < -0.3 is 15.4 Å². The van der Waals surface area contributed by atoms with Crippen LogP contribution in [0.25, 0.3) is 0 Å². The third-order valence-electron chi connectivity index (χ3n) is 4.08. The predicted molar refractivity (Wildman–Crippen MR) is 93.4 cm³/mol. The van der Waals surface area contributed by atoms with E-state index in [4.69, 9.17) is 4.74 Å². The molecule has 1 aromatic carbocycles. The van der Waals surface area contributed by atoms with Crippen molar-refractivity contribution in [1.29, 1.82) is 0 Å². The molecule has 0 atom stereocenters. The summed E-state index contributed by atoms with van der Waals surface area (Å²) in [4.78, 5) is 0. The van der Waals surface area contributed by atoms with E-state index in [1.807, 2.05) is 0 Å². The zero-order chi connectivity index (χ0) is 16.4. The monoisotopic (exact) mass is 304 g/mol. The number of hydrogen-bond donors (Lipinski definition) is 2. The van der Waals surface area contributed by atoms with Crippen LogP contribution in [-0.4, -0.2) is 23.2 Å². The molecule has 124 valence electrons. The van der Waals surface area contributed by atoms with Crippen LogP contribution in [-0.2, 0) is 6.54 Å². The van der Waals surface area contributed by atoms with Crippen molar-refractivity contribution in [2.24, 2.45) is 0 Å². The Morgan fingerprint density at radius 3 is 2.14 bits per heavy atom. The average molecular weight is 304 g/mol. The SMILES string of the molecule is CC(C)Oc1ccc(CNC2CC(C)(C)NC(C)(C)C2)cc1. The highest BCUT2D eigenvalue weighted by molar-refractivity contribution is 5.27. The quantitative estimate of drug-likeness (QED) is 0.866. The first-order valence-corrected chi connectivity index (χ1v) is 8.44. The molecule has 0 aliphatic carbocycles. The average Bonchev–Trinajstić information content (AvgIpc) is 2.33. The molecule has 0 bridgehead atoms. The van der Waals surface area contributed by atoms with E-state index in [0.29, 0.717) is 6.04 Å². The summed E-state index contributed by atoms with van der Waals surface area (Å²) in [5.41, 5.74) is 1.69. The molecular weight excluding hydrogens is 272 g/mol. The van der Waals surface area contributed by atoms with Gasteiger partial charge in [0.25, 0.3) is 0 Å². The maximum atomic E-state index is 5.69. The van der Waals surface area contributed by atoms with Gasteiger partial charge in [-0.25, -0.2) is 0 Å². The fourth-order valence-corrected chi connectivity index (χ4v) is 3.69. The van der Waals surface area contributed by atoms with Crippen molar-refractivity contribution in [3.8, 4) is 5.75 Å². The number of piperidine rings is 1. The van der Waals surface area contributed by atoms with E-state index in [0.717, 1.165) is 25.1 Å². The molecule has 0 radical (unpaired) electrons. The Balaban J connectivity index is 1.89. The van der Waals surface area contributed by atoms with Gasteiger partial charge in [-0.15, -0.1) is 0 Å². The van der Waals surface area contributed by atoms with Crippen molar-refractivity contribution in [3.05, 3.63) is 29.8 Å². The Morgan fingerprint density at radius 2 is 1.64 bits per heavy atom. The smallest absolute Gasteiger partial charge is 0.119 e. The van der Waals surface area contributed by atoms with Gasteiger partial charge in [-0.05, 0) is 72.1 Å². The van der Waals surface area contributed by atoms with Crippen LogP contribution in [0.2, 0.25) is 0 Å². The molecule has 1 heterocycles. The molecule has 0 amide bonds. The topological polar surface area (TPSA) is 33.3 Å². The summed E-state index contributed by atoms with van der Waals surface area (Å²) >= 11 is 0. The number of benzene rings is 1. The molecule has 0 saturated carbocycles. The van der Waals surface area contributed by atoms with Gasteiger partial charge in [-0.3, -0.25) is 0 Å². The van der Waals surface area contributed by atoms with Crippen LogP contribution in [0.15, 0.2) is 24.3 Å². The second kappa shape index (κ2) is 6.59. The van der Waals surface area contributed by atoms with E-state index in [-0.39, 0.29) is 17.2 Å². The maximum Gasteiger partial charge on any atom is 0.119 e. The fraction of sp³-hybridized carbons (Fsp3) is 0.684. The molecule has 3 nitrogen and oxygen atoms in total. The number of hydrogen-bond acceptors (Lipinski definition) is 3. The highest BCUT2D eigenvalue weighted by Crippen LogP contribution is 2.28. The van der Waals surface area contributed by atoms with Gasteiger partial charge in [-0.2, -0.15) is 0 Å². The summed E-state index contributed by atoms with van der Waals surface area (Å²) in [6.45, 7) is 14.2. The van der Waals surface area contributed by atoms with Crippen molar-refractivity contribution in [1.82, 2.24) is 10.6 Å². The van der Waals surface area contributed by atoms with Crippen molar-refractivity contribution < 1.29 is 4.74 Å². The zero-order valence-corrected chi connectivity index (χ0v) is 15.0. The molecule has 0 spiro atoms. The molecule has 1 fully saturated rings. The first kappa shape index (κ1) is 17.3. The molecule has 1 aliphatic heterocycles. The summed E-state index contributed by atoms with van der Waals surface area (Å²) in [7, 11) is 0. The lowest BCUT2D eigenvalue weighted by Gasteiger charge is -2.46. The Kier molecular flexibility index (Phi) is 5.18. The van der Waals surface area contributed by atoms with E-state index < -0.39 is 0 Å². The first-order chi connectivity index (χ1) is 10.2. The molecule has 3 heteroatoms. The van der Waals surface area contributed by atoms with Gasteiger partial charge in [0.1, 0.15) is 5.75 Å². The highest BCUT2D eigenvalue weighted by Gasteiger charge is 2.37. The first-order valence-electron chi connectivity index (χ1n) is 8.44. The van der Waals surface area contributed by atoms with Crippen molar-refractivity contribution in [2.75, 3.05) is 0 Å². The molecule has 2 N–H and O–H groups in total.